The van der Waals surface area contributed by atoms with Gasteiger partial charge in [-0.15, -0.1) is 12.4 Å². The van der Waals surface area contributed by atoms with Crippen LogP contribution in [0.2, 0.25) is 0 Å². The van der Waals surface area contributed by atoms with E-state index in [9.17, 15) is 9.59 Å². The number of hydrogen-bond donors (Lipinski definition) is 2. The molecule has 7 heteroatoms. The van der Waals surface area contributed by atoms with Crippen LogP contribution >= 0.6 is 12.4 Å². The number of methoxy groups -OCH3 is 1. The molecule has 1 atom stereocenters. The van der Waals surface area contributed by atoms with Gasteiger partial charge in [0, 0.05) is 24.7 Å². The van der Waals surface area contributed by atoms with Gasteiger partial charge in [-0.2, -0.15) is 0 Å². The summed E-state index contributed by atoms with van der Waals surface area (Å²) < 4.78 is 10.00. The molecule has 6 nitrogen and oxygen atoms in total. The Morgan fingerprint density at radius 3 is 2.86 bits per heavy atom. The van der Waals surface area contributed by atoms with Crippen molar-refractivity contribution in [3.05, 3.63) is 29.3 Å². The number of ether oxygens (including phenoxy) is 2. The number of esters is 1. The molecule has 1 unspecified atom stereocenters. The molecule has 0 spiro atoms. The van der Waals surface area contributed by atoms with Gasteiger partial charge in [0.15, 0.2) is 0 Å². The Hall–Kier alpha value is -1.63. The Morgan fingerprint density at radius 2 is 2.23 bits per heavy atom. The van der Waals surface area contributed by atoms with Crippen molar-refractivity contribution in [2.45, 2.75) is 19.4 Å². The number of benzene rings is 1. The molecule has 1 aromatic rings. The molecule has 0 radical (unpaired) electrons. The Morgan fingerprint density at radius 1 is 1.45 bits per heavy atom. The summed E-state index contributed by atoms with van der Waals surface area (Å²) in [6.45, 7) is 3.85. The number of carbonyl (C=O) groups excluding carboxylic acids is 2. The third-order valence-electron chi connectivity index (χ3n) is 3.36. The largest absolute Gasteiger partial charge is 0.465 e. The number of anilines is 1. The number of rotatable bonds is 4. The smallest absolute Gasteiger partial charge is 0.337 e. The quantitative estimate of drug-likeness (QED) is 0.820. The molecular formula is C15H21ClN2O4. The van der Waals surface area contributed by atoms with Gasteiger partial charge in [-0.3, -0.25) is 4.79 Å². The fraction of sp³-hybridized carbons (Fsp3) is 0.467. The van der Waals surface area contributed by atoms with E-state index in [1.165, 1.54) is 7.11 Å². The van der Waals surface area contributed by atoms with Gasteiger partial charge < -0.3 is 20.1 Å². The maximum atomic E-state index is 12.1. The molecule has 1 amide bonds. The lowest BCUT2D eigenvalue weighted by Gasteiger charge is -2.23. The second kappa shape index (κ2) is 8.73. The van der Waals surface area contributed by atoms with E-state index >= 15 is 0 Å². The zero-order valence-corrected chi connectivity index (χ0v) is 13.5. The molecule has 2 N–H and O–H groups in total. The minimum Gasteiger partial charge on any atom is -0.465 e. The highest BCUT2D eigenvalue weighted by Gasteiger charge is 2.17. The van der Waals surface area contributed by atoms with Crippen molar-refractivity contribution < 1.29 is 19.1 Å². The van der Waals surface area contributed by atoms with E-state index in [1.807, 2.05) is 6.92 Å². The van der Waals surface area contributed by atoms with Crippen molar-refractivity contribution in [1.29, 1.82) is 0 Å². The first-order chi connectivity index (χ1) is 10.1. The van der Waals surface area contributed by atoms with Crippen LogP contribution in [0, 0.1) is 6.92 Å². The van der Waals surface area contributed by atoms with E-state index in [-0.39, 0.29) is 24.4 Å². The van der Waals surface area contributed by atoms with Gasteiger partial charge in [0.2, 0.25) is 5.91 Å². The van der Waals surface area contributed by atoms with E-state index < -0.39 is 5.97 Å². The monoisotopic (exact) mass is 328 g/mol. The fourth-order valence-corrected chi connectivity index (χ4v) is 2.18. The highest BCUT2D eigenvalue weighted by Crippen LogP contribution is 2.18. The molecule has 1 fully saturated rings. The van der Waals surface area contributed by atoms with Crippen molar-refractivity contribution in [3.63, 3.8) is 0 Å². The number of halogens is 1. The van der Waals surface area contributed by atoms with E-state index in [2.05, 4.69) is 15.4 Å². The first-order valence-electron chi connectivity index (χ1n) is 6.90. The van der Waals surface area contributed by atoms with Gasteiger partial charge in [-0.05, 0) is 24.6 Å². The van der Waals surface area contributed by atoms with Gasteiger partial charge in [-0.25, -0.2) is 4.79 Å². The third-order valence-corrected chi connectivity index (χ3v) is 3.36. The van der Waals surface area contributed by atoms with Gasteiger partial charge in [0.05, 0.1) is 25.9 Å². The zero-order valence-electron chi connectivity index (χ0n) is 12.7. The molecule has 2 rings (SSSR count). The van der Waals surface area contributed by atoms with Gasteiger partial charge in [0.25, 0.3) is 0 Å². The number of amides is 1. The molecule has 1 aliphatic rings. The van der Waals surface area contributed by atoms with Crippen LogP contribution in [0.25, 0.3) is 0 Å². The maximum Gasteiger partial charge on any atom is 0.337 e. The predicted octanol–water partition coefficient (Wildman–Crippen LogP) is 1.52. The van der Waals surface area contributed by atoms with Crippen LogP contribution in [0.1, 0.15) is 22.3 Å². The molecule has 1 heterocycles. The molecule has 0 aliphatic carbocycles. The van der Waals surface area contributed by atoms with Gasteiger partial charge in [-0.1, -0.05) is 6.07 Å². The minimum absolute atomic E-state index is 0. The highest BCUT2D eigenvalue weighted by atomic mass is 35.5. The molecule has 1 saturated heterocycles. The van der Waals surface area contributed by atoms with Crippen molar-refractivity contribution in [2.75, 3.05) is 32.2 Å². The molecule has 122 valence electrons. The van der Waals surface area contributed by atoms with Crippen LogP contribution < -0.4 is 10.6 Å². The van der Waals surface area contributed by atoms with Crippen LogP contribution in [0.15, 0.2) is 18.2 Å². The van der Waals surface area contributed by atoms with E-state index in [4.69, 9.17) is 4.74 Å². The number of aryl methyl sites for hydroxylation is 1. The van der Waals surface area contributed by atoms with Gasteiger partial charge in [0.1, 0.15) is 0 Å². The Bertz CT molecular complexity index is 530. The molecule has 0 saturated carbocycles. The summed E-state index contributed by atoms with van der Waals surface area (Å²) in [7, 11) is 1.33. The van der Waals surface area contributed by atoms with Crippen molar-refractivity contribution in [2.24, 2.45) is 0 Å². The molecule has 22 heavy (non-hydrogen) atoms. The summed E-state index contributed by atoms with van der Waals surface area (Å²) in [6, 6.07) is 5.11. The Balaban J connectivity index is 0.00000242. The maximum absolute atomic E-state index is 12.1. The topological polar surface area (TPSA) is 76.7 Å². The number of morpholine rings is 1. The Kier molecular flexibility index (Phi) is 7.31. The third kappa shape index (κ3) is 4.98. The fourth-order valence-electron chi connectivity index (χ4n) is 2.18. The van der Waals surface area contributed by atoms with E-state index in [0.717, 1.165) is 12.1 Å². The second-order valence-corrected chi connectivity index (χ2v) is 5.00. The van der Waals surface area contributed by atoms with Crippen LogP contribution in [0.3, 0.4) is 0 Å². The van der Waals surface area contributed by atoms with Crippen LogP contribution in [0.4, 0.5) is 5.69 Å². The summed E-state index contributed by atoms with van der Waals surface area (Å²) in [5.74, 6) is -0.532. The average Bonchev–Trinajstić information content (AvgIpc) is 2.49. The van der Waals surface area contributed by atoms with Crippen molar-refractivity contribution in [1.82, 2.24) is 5.32 Å². The number of carbonyl (C=O) groups is 2. The summed E-state index contributed by atoms with van der Waals surface area (Å²) in [5.41, 5.74) is 1.93. The minimum atomic E-state index is -0.423. The van der Waals surface area contributed by atoms with Gasteiger partial charge >= 0.3 is 5.97 Å². The van der Waals surface area contributed by atoms with Crippen molar-refractivity contribution >= 4 is 30.0 Å². The standard InChI is InChI=1S/C15H20N2O4.ClH/c1-10-3-4-11(15(19)20-2)7-13(10)17-14(18)8-12-9-21-6-5-16-12;/h3-4,7,12,16H,5-6,8-9H2,1-2H3,(H,17,18);1H. The van der Waals surface area contributed by atoms with E-state index in [1.54, 1.807) is 18.2 Å². The lowest BCUT2D eigenvalue weighted by Crippen LogP contribution is -2.43. The number of hydrogen-bond acceptors (Lipinski definition) is 5. The summed E-state index contributed by atoms with van der Waals surface area (Å²) in [4.78, 5) is 23.6. The summed E-state index contributed by atoms with van der Waals surface area (Å²) in [5, 5.41) is 6.06. The predicted molar refractivity (Wildman–Crippen MR) is 85.6 cm³/mol. The zero-order chi connectivity index (χ0) is 15.2. The first kappa shape index (κ1) is 18.4. The first-order valence-corrected chi connectivity index (χ1v) is 6.90. The second-order valence-electron chi connectivity index (χ2n) is 5.00. The molecule has 0 bridgehead atoms. The average molecular weight is 329 g/mol. The summed E-state index contributed by atoms with van der Waals surface area (Å²) >= 11 is 0. The normalized spacial score (nSPS) is 17.3. The molecule has 1 aromatic carbocycles. The molecule has 1 aliphatic heterocycles. The summed E-state index contributed by atoms with van der Waals surface area (Å²) in [6.07, 6.45) is 0.335. The molecule has 0 aromatic heterocycles. The Labute approximate surface area is 136 Å². The highest BCUT2D eigenvalue weighted by molar-refractivity contribution is 5.95. The SMILES string of the molecule is COC(=O)c1ccc(C)c(NC(=O)CC2COCCN2)c1.Cl. The van der Waals surface area contributed by atoms with Crippen molar-refractivity contribution in [3.8, 4) is 0 Å². The number of nitrogens with one attached hydrogen (secondary N) is 2. The lowest BCUT2D eigenvalue weighted by atomic mass is 10.1. The van der Waals surface area contributed by atoms with Crippen LogP contribution in [0.5, 0.6) is 0 Å². The van der Waals surface area contributed by atoms with E-state index in [0.29, 0.717) is 30.9 Å². The lowest BCUT2D eigenvalue weighted by molar-refractivity contribution is -0.117. The molecular weight excluding hydrogens is 308 g/mol. The van der Waals surface area contributed by atoms with Crippen LogP contribution in [-0.4, -0.2) is 44.8 Å². The van der Waals surface area contributed by atoms with Crippen LogP contribution in [-0.2, 0) is 14.3 Å².